The van der Waals surface area contributed by atoms with E-state index in [1.807, 2.05) is 48.5 Å². The molecule has 0 unspecified atom stereocenters. The summed E-state index contributed by atoms with van der Waals surface area (Å²) in [7, 11) is 4.82. The number of fused-ring (bicyclic) bond motifs is 3. The smallest absolute Gasteiger partial charge is 0.237 e. The van der Waals surface area contributed by atoms with Crippen molar-refractivity contribution in [2.75, 3.05) is 27.9 Å². The topological polar surface area (TPSA) is 84.6 Å². The molecular weight excluding hydrogens is 490 g/mol. The first-order valence-corrected chi connectivity index (χ1v) is 12.6. The Balaban J connectivity index is 1.36. The molecule has 0 spiro atoms. The molecule has 1 aliphatic heterocycles. The molecule has 2 atom stereocenters. The number of hydrogen-bond acceptors (Lipinski definition) is 5. The number of para-hydroxylation sites is 1. The summed E-state index contributed by atoms with van der Waals surface area (Å²) in [6.45, 7) is 0.506. The predicted octanol–water partition coefficient (Wildman–Crippen LogP) is 4.81. The maximum Gasteiger partial charge on any atom is 0.237 e. The minimum Gasteiger partial charge on any atom is -0.495 e. The summed E-state index contributed by atoms with van der Waals surface area (Å²) in [5.41, 5.74) is 5.26. The molecule has 8 heteroatoms. The zero-order valence-corrected chi connectivity index (χ0v) is 21.8. The van der Waals surface area contributed by atoms with Crippen molar-refractivity contribution in [3.05, 3.63) is 88.1 Å². The van der Waals surface area contributed by atoms with Crippen LogP contribution in [0.1, 0.15) is 28.4 Å². The van der Waals surface area contributed by atoms with Gasteiger partial charge in [-0.3, -0.25) is 10.1 Å². The highest BCUT2D eigenvalue weighted by Crippen LogP contribution is 2.37. The van der Waals surface area contributed by atoms with Crippen LogP contribution < -0.4 is 24.8 Å². The number of aromatic nitrogens is 1. The first-order valence-electron chi connectivity index (χ1n) is 12.2. The second-order valence-corrected chi connectivity index (χ2v) is 9.45. The Morgan fingerprint density at radius 2 is 1.73 bits per heavy atom. The van der Waals surface area contributed by atoms with E-state index in [4.69, 9.17) is 25.8 Å². The molecule has 3 N–H and O–H groups in total. The Bertz CT molecular complexity index is 1430. The summed E-state index contributed by atoms with van der Waals surface area (Å²) in [6.07, 6.45) is 1.26. The minimum atomic E-state index is -0.400. The lowest BCUT2D eigenvalue weighted by molar-refractivity contribution is -0.123. The van der Waals surface area contributed by atoms with E-state index < -0.39 is 6.04 Å². The number of amides is 1. The van der Waals surface area contributed by atoms with Crippen molar-refractivity contribution < 1.29 is 19.0 Å². The SMILES string of the molecule is COc1ccc([C@H]2N[C@H](C(=O)NCCc3ccc(OC)c(OC)c3)Cc3c2[nH]c2ccccc32)cc1Cl. The molecule has 7 nitrogen and oxygen atoms in total. The lowest BCUT2D eigenvalue weighted by atomic mass is 9.90. The van der Waals surface area contributed by atoms with Crippen LogP contribution in [0.4, 0.5) is 0 Å². The molecule has 192 valence electrons. The minimum absolute atomic E-state index is 0.0407. The monoisotopic (exact) mass is 519 g/mol. The quantitative estimate of drug-likeness (QED) is 0.311. The zero-order valence-electron chi connectivity index (χ0n) is 21.1. The van der Waals surface area contributed by atoms with E-state index in [1.165, 1.54) is 0 Å². The molecule has 4 aromatic rings. The molecule has 0 saturated heterocycles. The van der Waals surface area contributed by atoms with Crippen LogP contribution in [0.5, 0.6) is 17.2 Å². The third kappa shape index (κ3) is 4.97. The Hall–Kier alpha value is -3.68. The van der Waals surface area contributed by atoms with Gasteiger partial charge in [-0.25, -0.2) is 0 Å². The summed E-state index contributed by atoms with van der Waals surface area (Å²) in [6, 6.07) is 19.1. The average Bonchev–Trinajstić information content (AvgIpc) is 3.31. The van der Waals surface area contributed by atoms with Gasteiger partial charge in [-0.15, -0.1) is 0 Å². The lowest BCUT2D eigenvalue weighted by Gasteiger charge is -2.31. The number of aromatic amines is 1. The number of benzene rings is 3. The second-order valence-electron chi connectivity index (χ2n) is 9.04. The Labute approximate surface area is 221 Å². The molecule has 37 heavy (non-hydrogen) atoms. The van der Waals surface area contributed by atoms with Crippen LogP contribution in [0.3, 0.4) is 0 Å². The summed E-state index contributed by atoms with van der Waals surface area (Å²) in [5, 5.41) is 8.32. The molecule has 1 aromatic heterocycles. The van der Waals surface area contributed by atoms with Crippen molar-refractivity contribution in [3.63, 3.8) is 0 Å². The molecule has 2 heterocycles. The number of H-pyrrole nitrogens is 1. The highest BCUT2D eigenvalue weighted by Gasteiger charge is 2.34. The molecule has 0 fully saturated rings. The number of hydrogen-bond donors (Lipinski definition) is 3. The molecule has 0 bridgehead atoms. The van der Waals surface area contributed by atoms with Crippen molar-refractivity contribution in [3.8, 4) is 17.2 Å². The van der Waals surface area contributed by atoms with E-state index in [1.54, 1.807) is 21.3 Å². The highest BCUT2D eigenvalue weighted by atomic mass is 35.5. The van der Waals surface area contributed by atoms with Gasteiger partial charge >= 0.3 is 0 Å². The van der Waals surface area contributed by atoms with Crippen molar-refractivity contribution in [1.82, 2.24) is 15.6 Å². The number of methoxy groups -OCH3 is 3. The van der Waals surface area contributed by atoms with Gasteiger partial charge in [0.2, 0.25) is 5.91 Å². The maximum atomic E-state index is 13.3. The van der Waals surface area contributed by atoms with Gasteiger partial charge in [0.1, 0.15) is 5.75 Å². The van der Waals surface area contributed by atoms with Crippen LogP contribution in [0, 0.1) is 0 Å². The molecule has 0 saturated carbocycles. The number of ether oxygens (including phenoxy) is 3. The third-order valence-electron chi connectivity index (χ3n) is 6.90. The molecule has 5 rings (SSSR count). The van der Waals surface area contributed by atoms with Crippen molar-refractivity contribution in [1.29, 1.82) is 0 Å². The van der Waals surface area contributed by atoms with Crippen LogP contribution in [0.2, 0.25) is 5.02 Å². The van der Waals surface area contributed by atoms with E-state index in [9.17, 15) is 4.79 Å². The predicted molar refractivity (Wildman–Crippen MR) is 145 cm³/mol. The summed E-state index contributed by atoms with van der Waals surface area (Å²) < 4.78 is 16.0. The summed E-state index contributed by atoms with van der Waals surface area (Å²) in [4.78, 5) is 16.9. The number of nitrogens with one attached hydrogen (secondary N) is 3. The number of rotatable bonds is 8. The Morgan fingerprint density at radius 1 is 0.973 bits per heavy atom. The summed E-state index contributed by atoms with van der Waals surface area (Å²) >= 11 is 6.46. The van der Waals surface area contributed by atoms with Crippen LogP contribution in [-0.2, 0) is 17.6 Å². The average molecular weight is 520 g/mol. The van der Waals surface area contributed by atoms with E-state index in [0.29, 0.717) is 41.7 Å². The fraction of sp³-hybridized carbons (Fsp3) is 0.276. The molecule has 3 aromatic carbocycles. The molecule has 0 radical (unpaired) electrons. The first-order chi connectivity index (χ1) is 18.0. The van der Waals surface area contributed by atoms with Gasteiger partial charge in [0, 0.05) is 23.1 Å². The number of carbonyl (C=O) groups excluding carboxylic acids is 1. The largest absolute Gasteiger partial charge is 0.495 e. The van der Waals surface area contributed by atoms with Crippen molar-refractivity contribution in [2.24, 2.45) is 0 Å². The van der Waals surface area contributed by atoms with Gasteiger partial charge in [-0.05, 0) is 59.9 Å². The standard InChI is InChI=1S/C29H30ClN3O4/c1-35-24-11-9-18(15-21(24)30)27-28-20(19-6-4-5-7-22(19)32-28)16-23(33-27)29(34)31-13-12-17-8-10-25(36-2)26(14-17)37-3/h4-11,14-15,23,27,32-33H,12-13,16H2,1-3H3,(H,31,34)/t23-,27+/m0/s1. The first kappa shape index (κ1) is 25.0. The molecule has 0 aliphatic carbocycles. The lowest BCUT2D eigenvalue weighted by Crippen LogP contribution is -2.50. The van der Waals surface area contributed by atoms with E-state index >= 15 is 0 Å². The zero-order chi connectivity index (χ0) is 25.9. The fourth-order valence-corrected chi connectivity index (χ4v) is 5.28. The normalized spacial score (nSPS) is 16.8. The van der Waals surface area contributed by atoms with Crippen LogP contribution in [0.25, 0.3) is 10.9 Å². The van der Waals surface area contributed by atoms with Gasteiger partial charge in [-0.1, -0.05) is 41.9 Å². The van der Waals surface area contributed by atoms with Crippen LogP contribution >= 0.6 is 11.6 Å². The highest BCUT2D eigenvalue weighted by molar-refractivity contribution is 6.32. The van der Waals surface area contributed by atoms with Gasteiger partial charge in [-0.2, -0.15) is 0 Å². The second kappa shape index (κ2) is 10.7. The van der Waals surface area contributed by atoms with E-state index in [2.05, 4.69) is 27.8 Å². The summed E-state index contributed by atoms with van der Waals surface area (Å²) in [5.74, 6) is 1.93. The van der Waals surface area contributed by atoms with Gasteiger partial charge in [0.05, 0.1) is 38.4 Å². The Morgan fingerprint density at radius 3 is 2.49 bits per heavy atom. The number of carbonyl (C=O) groups is 1. The van der Waals surface area contributed by atoms with Crippen molar-refractivity contribution >= 4 is 28.4 Å². The maximum absolute atomic E-state index is 13.3. The van der Waals surface area contributed by atoms with Crippen LogP contribution in [0.15, 0.2) is 60.7 Å². The van der Waals surface area contributed by atoms with Gasteiger partial charge in [0.25, 0.3) is 0 Å². The fourth-order valence-electron chi connectivity index (χ4n) is 5.02. The van der Waals surface area contributed by atoms with Crippen LogP contribution in [-0.4, -0.2) is 44.8 Å². The third-order valence-corrected chi connectivity index (χ3v) is 7.19. The molecule has 1 aliphatic rings. The number of halogens is 1. The van der Waals surface area contributed by atoms with Gasteiger partial charge in [0.15, 0.2) is 11.5 Å². The van der Waals surface area contributed by atoms with Crippen molar-refractivity contribution in [2.45, 2.75) is 24.9 Å². The van der Waals surface area contributed by atoms with E-state index in [-0.39, 0.29) is 11.9 Å². The molecular formula is C29H30ClN3O4. The molecule has 1 amide bonds. The Kier molecular flexibility index (Phi) is 7.26. The van der Waals surface area contributed by atoms with Gasteiger partial charge < -0.3 is 24.5 Å². The van der Waals surface area contributed by atoms with E-state index in [0.717, 1.165) is 33.3 Å².